The summed E-state index contributed by atoms with van der Waals surface area (Å²) in [5.41, 5.74) is 6.27. The summed E-state index contributed by atoms with van der Waals surface area (Å²) >= 11 is 0. The molecule has 1 fully saturated rings. The lowest BCUT2D eigenvalue weighted by molar-refractivity contribution is -0.148. The van der Waals surface area contributed by atoms with E-state index in [-0.39, 0.29) is 18.2 Å². The lowest BCUT2D eigenvalue weighted by atomic mass is 9.66. The van der Waals surface area contributed by atoms with Gasteiger partial charge in [-0.3, -0.25) is 4.79 Å². The van der Waals surface area contributed by atoms with Gasteiger partial charge in [0, 0.05) is 19.0 Å². The molecule has 0 heterocycles. The maximum Gasteiger partial charge on any atom is 0.451 e. The van der Waals surface area contributed by atoms with Crippen LogP contribution in [0.15, 0.2) is 30.3 Å². The normalized spacial score (nSPS) is 23.0. The molecule has 0 radical (unpaired) electrons. The van der Waals surface area contributed by atoms with Crippen molar-refractivity contribution in [2.45, 2.75) is 78.2 Å². The molecule has 172 valence electrons. The Kier molecular flexibility index (Phi) is 14.7. The first-order valence-electron chi connectivity index (χ1n) is 11.3. The Hall–Kier alpha value is -1.41. The second kappa shape index (κ2) is 15.4. The summed E-state index contributed by atoms with van der Waals surface area (Å²) in [4.78, 5) is 14.0. The second-order valence-electron chi connectivity index (χ2n) is 8.14. The molecule has 0 saturated heterocycles. The molecule has 30 heavy (non-hydrogen) atoms. The molecule has 1 aromatic rings. The fraction of sp³-hybridized carbons (Fsp3) is 0.696. The van der Waals surface area contributed by atoms with Gasteiger partial charge < -0.3 is 25.8 Å². The van der Waals surface area contributed by atoms with Crippen LogP contribution in [0, 0.1) is 11.8 Å². The second-order valence-corrected chi connectivity index (χ2v) is 8.14. The number of benzene rings is 1. The number of carboxylic acid groups (broad SMARTS) is 1. The number of nitrogens with zero attached hydrogens (tertiary/aromatic N) is 1. The maximum atomic E-state index is 11.9. The zero-order valence-electron chi connectivity index (χ0n) is 19.6. The van der Waals surface area contributed by atoms with Crippen LogP contribution < -0.4 is 5.73 Å². The lowest BCUT2D eigenvalue weighted by Crippen LogP contribution is -2.59. The van der Waals surface area contributed by atoms with Gasteiger partial charge in [-0.1, -0.05) is 70.9 Å². The highest BCUT2D eigenvalue weighted by Crippen LogP contribution is 2.38. The van der Waals surface area contributed by atoms with Crippen molar-refractivity contribution >= 4 is 13.1 Å². The van der Waals surface area contributed by atoms with Crippen molar-refractivity contribution in [1.82, 2.24) is 4.90 Å². The minimum absolute atomic E-state index is 0.117. The van der Waals surface area contributed by atoms with Gasteiger partial charge in [0.15, 0.2) is 0 Å². The molecule has 1 aliphatic rings. The molecule has 5 N–H and O–H groups in total. The SMILES string of the molecule is CC.CCC.CN(Cc1ccccc1)CC1CCC(CCB(O)O)CC1(N)C(=O)O. The minimum atomic E-state index is -1.34. The molecule has 0 amide bonds. The van der Waals surface area contributed by atoms with Crippen molar-refractivity contribution in [2.75, 3.05) is 13.6 Å². The van der Waals surface area contributed by atoms with E-state index in [1.165, 1.54) is 12.0 Å². The fourth-order valence-corrected chi connectivity index (χ4v) is 3.92. The highest BCUT2D eigenvalue weighted by molar-refractivity contribution is 6.40. The number of nitrogens with two attached hydrogens (primary N) is 1. The van der Waals surface area contributed by atoms with Crippen LogP contribution >= 0.6 is 0 Å². The third-order valence-corrected chi connectivity index (χ3v) is 5.34. The largest absolute Gasteiger partial charge is 0.480 e. The first kappa shape index (κ1) is 28.6. The van der Waals surface area contributed by atoms with Crippen LogP contribution in [-0.4, -0.2) is 52.3 Å². The van der Waals surface area contributed by atoms with Crippen molar-refractivity contribution in [3.63, 3.8) is 0 Å². The summed E-state index contributed by atoms with van der Waals surface area (Å²) in [6.07, 6.45) is 4.12. The zero-order valence-corrected chi connectivity index (χ0v) is 19.6. The van der Waals surface area contributed by atoms with Crippen molar-refractivity contribution in [2.24, 2.45) is 17.6 Å². The third kappa shape index (κ3) is 10.1. The van der Waals surface area contributed by atoms with E-state index >= 15 is 0 Å². The molecular formula is C23H43BN2O4. The Labute approximate surface area is 183 Å². The highest BCUT2D eigenvalue weighted by atomic mass is 16.4. The van der Waals surface area contributed by atoms with Crippen molar-refractivity contribution < 1.29 is 19.9 Å². The molecule has 7 heteroatoms. The van der Waals surface area contributed by atoms with Crippen molar-refractivity contribution in [3.8, 4) is 0 Å². The Balaban J connectivity index is 0.00000154. The summed E-state index contributed by atoms with van der Waals surface area (Å²) in [5.74, 6) is -0.951. The van der Waals surface area contributed by atoms with Crippen molar-refractivity contribution in [3.05, 3.63) is 35.9 Å². The Bertz CT molecular complexity index is 574. The van der Waals surface area contributed by atoms with E-state index in [0.29, 0.717) is 19.4 Å². The molecule has 3 unspecified atom stereocenters. The van der Waals surface area contributed by atoms with Crippen LogP contribution in [0.2, 0.25) is 6.32 Å². The minimum Gasteiger partial charge on any atom is -0.480 e. The molecule has 0 bridgehead atoms. The fourth-order valence-electron chi connectivity index (χ4n) is 3.92. The molecule has 3 atom stereocenters. The van der Waals surface area contributed by atoms with E-state index in [9.17, 15) is 9.90 Å². The van der Waals surface area contributed by atoms with Crippen LogP contribution in [0.4, 0.5) is 0 Å². The first-order chi connectivity index (χ1) is 14.2. The lowest BCUT2D eigenvalue weighted by Gasteiger charge is -2.43. The predicted molar refractivity (Wildman–Crippen MR) is 125 cm³/mol. The van der Waals surface area contributed by atoms with Gasteiger partial charge in [0.25, 0.3) is 0 Å². The van der Waals surface area contributed by atoms with E-state index in [1.807, 2.05) is 39.1 Å². The highest BCUT2D eigenvalue weighted by Gasteiger charge is 2.47. The Morgan fingerprint density at radius 2 is 1.77 bits per heavy atom. The monoisotopic (exact) mass is 422 g/mol. The molecule has 2 rings (SSSR count). The molecule has 6 nitrogen and oxygen atoms in total. The number of aliphatic carboxylic acids is 1. The average molecular weight is 422 g/mol. The molecular weight excluding hydrogens is 379 g/mol. The van der Waals surface area contributed by atoms with E-state index in [1.54, 1.807) is 0 Å². The molecule has 1 aromatic carbocycles. The van der Waals surface area contributed by atoms with Crippen LogP contribution in [0.1, 0.15) is 65.4 Å². The van der Waals surface area contributed by atoms with Gasteiger partial charge >= 0.3 is 13.1 Å². The smallest absolute Gasteiger partial charge is 0.451 e. The zero-order chi connectivity index (χ0) is 23.2. The third-order valence-electron chi connectivity index (χ3n) is 5.34. The summed E-state index contributed by atoms with van der Waals surface area (Å²) in [7, 11) is 0.649. The van der Waals surface area contributed by atoms with Crippen molar-refractivity contribution in [1.29, 1.82) is 0 Å². The standard InChI is InChI=1S/C18H29BN2O4.C3H8.C2H6/c1-21(12-15-5-3-2-4-6-15)13-16-8-7-14(9-10-19(24)25)11-18(16,20)17(22)23;1-3-2;1-2/h2-6,14,16,24-25H,7-13,20H2,1H3,(H,22,23);3H2,1-2H3;1-2H3. The molecule has 0 spiro atoms. The number of rotatable bonds is 8. The van der Waals surface area contributed by atoms with E-state index < -0.39 is 18.6 Å². The van der Waals surface area contributed by atoms with E-state index in [0.717, 1.165) is 19.4 Å². The van der Waals surface area contributed by atoms with Gasteiger partial charge in [-0.2, -0.15) is 0 Å². The quantitative estimate of drug-likeness (QED) is 0.477. The first-order valence-corrected chi connectivity index (χ1v) is 11.3. The Morgan fingerprint density at radius 1 is 1.20 bits per heavy atom. The van der Waals surface area contributed by atoms with Gasteiger partial charge in [-0.15, -0.1) is 0 Å². The average Bonchev–Trinajstić information content (AvgIpc) is 2.71. The number of hydrogen-bond donors (Lipinski definition) is 4. The van der Waals surface area contributed by atoms with Crippen LogP contribution in [0.3, 0.4) is 0 Å². The molecule has 0 aromatic heterocycles. The van der Waals surface area contributed by atoms with Crippen LogP contribution in [0.25, 0.3) is 0 Å². The van der Waals surface area contributed by atoms with Gasteiger partial charge in [-0.05, 0) is 44.1 Å². The summed E-state index contributed by atoms with van der Waals surface area (Å²) < 4.78 is 0. The molecule has 0 aliphatic heterocycles. The van der Waals surface area contributed by atoms with Crippen LogP contribution in [0.5, 0.6) is 0 Å². The summed E-state index contributed by atoms with van der Waals surface area (Å²) in [5, 5.41) is 27.8. The summed E-state index contributed by atoms with van der Waals surface area (Å²) in [6.45, 7) is 9.64. The number of carboxylic acids is 1. The molecule has 1 saturated carbocycles. The van der Waals surface area contributed by atoms with Gasteiger partial charge in [0.2, 0.25) is 0 Å². The van der Waals surface area contributed by atoms with Crippen LogP contribution in [-0.2, 0) is 11.3 Å². The van der Waals surface area contributed by atoms with E-state index in [4.69, 9.17) is 15.8 Å². The predicted octanol–water partition coefficient (Wildman–Crippen LogP) is 3.62. The number of carbonyl (C=O) groups is 1. The number of hydrogen-bond acceptors (Lipinski definition) is 5. The van der Waals surface area contributed by atoms with Gasteiger partial charge in [0.05, 0.1) is 0 Å². The summed E-state index contributed by atoms with van der Waals surface area (Å²) in [6, 6.07) is 10.1. The Morgan fingerprint density at radius 3 is 2.27 bits per heavy atom. The van der Waals surface area contributed by atoms with E-state index in [2.05, 4.69) is 30.9 Å². The topological polar surface area (TPSA) is 107 Å². The molecule has 1 aliphatic carbocycles. The van der Waals surface area contributed by atoms with Gasteiger partial charge in [-0.25, -0.2) is 0 Å². The van der Waals surface area contributed by atoms with Gasteiger partial charge in [0.1, 0.15) is 5.54 Å². The maximum absolute atomic E-state index is 11.9.